The smallest absolute Gasteiger partial charge is 0.244 e. The molecule has 2 saturated heterocycles. The lowest BCUT2D eigenvalue weighted by atomic mass is 9.77. The van der Waals surface area contributed by atoms with Crippen molar-refractivity contribution in [3.05, 3.63) is 123 Å². The number of hydrogen-bond acceptors (Lipinski definition) is 6. The van der Waals surface area contributed by atoms with Crippen LogP contribution in [0.2, 0.25) is 5.02 Å². The fraction of sp³-hybridized carbons (Fsp3) is 0.273. The van der Waals surface area contributed by atoms with Gasteiger partial charge in [0.2, 0.25) is 15.9 Å². The van der Waals surface area contributed by atoms with Crippen molar-refractivity contribution in [2.45, 2.75) is 41.8 Å². The molecule has 43 heavy (non-hydrogen) atoms. The first-order valence-corrected chi connectivity index (χ1v) is 16.9. The molecule has 4 aromatic rings. The number of hydrogen-bond donors (Lipinski definition) is 1. The molecule has 0 radical (unpaired) electrons. The molecule has 1 amide bonds. The highest BCUT2D eigenvalue weighted by Gasteiger charge is 2.60. The maximum absolute atomic E-state index is 14.7. The Morgan fingerprint density at radius 1 is 0.907 bits per heavy atom. The number of thiophene rings is 1. The first-order chi connectivity index (χ1) is 20.9. The number of benzene rings is 3. The zero-order valence-electron chi connectivity index (χ0n) is 23.2. The topological polar surface area (TPSA) is 92.8 Å². The van der Waals surface area contributed by atoms with Crippen molar-refractivity contribution in [1.29, 1.82) is 0 Å². The highest BCUT2D eigenvalue weighted by molar-refractivity contribution is 7.89. The fourth-order valence-electron chi connectivity index (χ4n) is 6.27. The van der Waals surface area contributed by atoms with Gasteiger partial charge in [0, 0.05) is 24.1 Å². The maximum atomic E-state index is 14.7. The summed E-state index contributed by atoms with van der Waals surface area (Å²) in [5, 5.41) is 5.31. The van der Waals surface area contributed by atoms with Gasteiger partial charge in [0.25, 0.3) is 0 Å². The standard InChI is InChI=1S/C33H31ClN2O5S2/c34-24-17-15-22(16-18-24)28-29(32(37)27-14-8-20-42-27)30(23-9-3-1-4-10-23)36(43(39,40)26-12-5-2-6-13-26)31(28)33(38)35-21-25-11-7-19-41-25/h1-6,8-10,12-18,20,25,28-31H,7,11,19,21H2,(H,35,38). The van der Waals surface area contributed by atoms with Gasteiger partial charge in [-0.1, -0.05) is 78.3 Å². The normalized spacial score (nSPS) is 24.2. The fourth-order valence-corrected chi connectivity index (χ4v) is 8.93. The molecule has 5 atom stereocenters. The number of rotatable bonds is 9. The molecule has 3 aromatic carbocycles. The first-order valence-electron chi connectivity index (χ1n) is 14.2. The van der Waals surface area contributed by atoms with Crippen LogP contribution in [-0.4, -0.2) is 49.7 Å². The van der Waals surface area contributed by atoms with Gasteiger partial charge in [-0.15, -0.1) is 11.3 Å². The Kier molecular flexibility index (Phi) is 8.79. The number of Topliss-reactive ketones (excluding diaryl/α,β-unsaturated/α-hetero) is 1. The molecular formula is C33H31ClN2O5S2. The molecule has 6 rings (SSSR count). The molecule has 1 aromatic heterocycles. The van der Waals surface area contributed by atoms with Crippen LogP contribution in [0, 0.1) is 5.92 Å². The van der Waals surface area contributed by atoms with Crippen LogP contribution < -0.4 is 5.32 Å². The van der Waals surface area contributed by atoms with E-state index in [1.807, 2.05) is 35.7 Å². The number of ether oxygens (including phenoxy) is 1. The van der Waals surface area contributed by atoms with Gasteiger partial charge in [0.1, 0.15) is 6.04 Å². The van der Waals surface area contributed by atoms with Crippen LogP contribution in [0.3, 0.4) is 0 Å². The largest absolute Gasteiger partial charge is 0.376 e. The molecule has 1 N–H and O–H groups in total. The van der Waals surface area contributed by atoms with Crippen LogP contribution in [-0.2, 0) is 19.6 Å². The van der Waals surface area contributed by atoms with E-state index in [0.717, 1.165) is 12.8 Å². The van der Waals surface area contributed by atoms with Crippen LogP contribution >= 0.6 is 22.9 Å². The Labute approximate surface area is 260 Å². The third-order valence-corrected chi connectivity index (χ3v) is 11.2. The van der Waals surface area contributed by atoms with Gasteiger partial charge in [0.15, 0.2) is 5.78 Å². The summed E-state index contributed by atoms with van der Waals surface area (Å²) in [4.78, 5) is 29.4. The van der Waals surface area contributed by atoms with E-state index < -0.39 is 39.8 Å². The number of carbonyl (C=O) groups excluding carboxylic acids is 2. The summed E-state index contributed by atoms with van der Waals surface area (Å²) >= 11 is 7.56. The van der Waals surface area contributed by atoms with Gasteiger partial charge >= 0.3 is 0 Å². The Balaban J connectivity index is 1.57. The van der Waals surface area contributed by atoms with Gasteiger partial charge in [-0.05, 0) is 59.7 Å². The van der Waals surface area contributed by atoms with E-state index in [4.69, 9.17) is 16.3 Å². The second kappa shape index (κ2) is 12.7. The minimum absolute atomic E-state index is 0.0481. The average Bonchev–Trinajstić information content (AvgIpc) is 3.82. The molecule has 2 fully saturated rings. The van der Waals surface area contributed by atoms with Gasteiger partial charge in [-0.3, -0.25) is 9.59 Å². The van der Waals surface area contributed by atoms with E-state index in [-0.39, 0.29) is 23.3 Å². The monoisotopic (exact) mass is 634 g/mol. The number of ketones is 1. The third kappa shape index (κ3) is 5.92. The molecule has 2 aliphatic heterocycles. The molecule has 0 spiro atoms. The number of nitrogens with zero attached hydrogens (tertiary/aromatic N) is 1. The maximum Gasteiger partial charge on any atom is 0.244 e. The van der Waals surface area contributed by atoms with Gasteiger partial charge < -0.3 is 10.1 Å². The van der Waals surface area contributed by atoms with Crippen LogP contribution in [0.25, 0.3) is 0 Å². The van der Waals surface area contributed by atoms with Crippen molar-refractivity contribution < 1.29 is 22.7 Å². The minimum Gasteiger partial charge on any atom is -0.376 e. The number of nitrogens with one attached hydrogen (secondary N) is 1. The molecule has 3 heterocycles. The Hall–Kier alpha value is -3.34. The van der Waals surface area contributed by atoms with Crippen LogP contribution in [0.4, 0.5) is 0 Å². The molecule has 7 nitrogen and oxygen atoms in total. The average molecular weight is 635 g/mol. The molecular weight excluding hydrogens is 604 g/mol. The lowest BCUT2D eigenvalue weighted by Gasteiger charge is -2.30. The minimum atomic E-state index is -4.29. The first kappa shape index (κ1) is 29.7. The molecule has 0 aliphatic carbocycles. The number of carbonyl (C=O) groups is 2. The Morgan fingerprint density at radius 3 is 2.23 bits per heavy atom. The zero-order chi connectivity index (χ0) is 30.0. The van der Waals surface area contributed by atoms with Crippen molar-refractivity contribution in [2.75, 3.05) is 13.2 Å². The molecule has 10 heteroatoms. The van der Waals surface area contributed by atoms with Gasteiger partial charge in [0.05, 0.1) is 27.8 Å². The van der Waals surface area contributed by atoms with Gasteiger partial charge in [-0.2, -0.15) is 4.31 Å². The zero-order valence-corrected chi connectivity index (χ0v) is 25.6. The summed E-state index contributed by atoms with van der Waals surface area (Å²) in [7, 11) is -4.29. The molecule has 0 bridgehead atoms. The van der Waals surface area contributed by atoms with Crippen molar-refractivity contribution in [3.63, 3.8) is 0 Å². The Bertz CT molecular complexity index is 1660. The molecule has 2 aliphatic rings. The van der Waals surface area contributed by atoms with Gasteiger partial charge in [-0.25, -0.2) is 8.42 Å². The van der Waals surface area contributed by atoms with E-state index >= 15 is 0 Å². The van der Waals surface area contributed by atoms with Crippen LogP contribution in [0.5, 0.6) is 0 Å². The Morgan fingerprint density at radius 2 is 1.60 bits per heavy atom. The SMILES string of the molecule is O=C(c1cccs1)C1C(c2ccc(Cl)cc2)C(C(=O)NCC2CCCO2)N(S(=O)(=O)c2ccccc2)C1c1ccccc1. The second-order valence-electron chi connectivity index (χ2n) is 10.8. The number of halogens is 1. The van der Waals surface area contributed by atoms with E-state index in [1.54, 1.807) is 54.6 Å². The summed E-state index contributed by atoms with van der Waals surface area (Å²) in [5.41, 5.74) is 1.29. The highest BCUT2D eigenvalue weighted by Crippen LogP contribution is 2.53. The van der Waals surface area contributed by atoms with Crippen molar-refractivity contribution >= 4 is 44.7 Å². The summed E-state index contributed by atoms with van der Waals surface area (Å²) in [6.45, 7) is 0.876. The third-order valence-electron chi connectivity index (χ3n) is 8.19. The quantitative estimate of drug-likeness (QED) is 0.225. The van der Waals surface area contributed by atoms with E-state index in [9.17, 15) is 18.0 Å². The summed E-state index contributed by atoms with van der Waals surface area (Å²) in [6, 6.07) is 25.5. The van der Waals surface area contributed by atoms with Crippen molar-refractivity contribution in [3.8, 4) is 0 Å². The van der Waals surface area contributed by atoms with Crippen molar-refractivity contribution in [1.82, 2.24) is 9.62 Å². The molecule has 5 unspecified atom stereocenters. The molecule has 0 saturated carbocycles. The van der Waals surface area contributed by atoms with Crippen LogP contribution in [0.1, 0.15) is 45.6 Å². The summed E-state index contributed by atoms with van der Waals surface area (Å²) in [6.07, 6.45) is 1.57. The summed E-state index contributed by atoms with van der Waals surface area (Å²) < 4.78 is 36.4. The summed E-state index contributed by atoms with van der Waals surface area (Å²) in [5.74, 6) is -2.40. The highest BCUT2D eigenvalue weighted by atomic mass is 35.5. The number of amides is 1. The predicted molar refractivity (Wildman–Crippen MR) is 167 cm³/mol. The second-order valence-corrected chi connectivity index (χ2v) is 14.0. The van der Waals surface area contributed by atoms with E-state index in [2.05, 4.69) is 5.32 Å². The lowest BCUT2D eigenvalue weighted by molar-refractivity contribution is -0.125. The lowest BCUT2D eigenvalue weighted by Crippen LogP contribution is -2.49. The van der Waals surface area contributed by atoms with E-state index in [0.29, 0.717) is 27.6 Å². The molecule has 222 valence electrons. The predicted octanol–water partition coefficient (Wildman–Crippen LogP) is 6.09. The van der Waals surface area contributed by atoms with E-state index in [1.165, 1.54) is 27.8 Å². The number of sulfonamides is 1. The van der Waals surface area contributed by atoms with Crippen LogP contribution in [0.15, 0.2) is 107 Å². The van der Waals surface area contributed by atoms with Crippen molar-refractivity contribution in [2.24, 2.45) is 5.92 Å².